The Labute approximate surface area is 99.8 Å². The average Bonchev–Trinajstić information content (AvgIpc) is 2.65. The summed E-state index contributed by atoms with van der Waals surface area (Å²) in [5.74, 6) is 1.78. The van der Waals surface area contributed by atoms with Crippen molar-refractivity contribution in [3.63, 3.8) is 0 Å². The lowest BCUT2D eigenvalue weighted by atomic mass is 9.79. The van der Waals surface area contributed by atoms with E-state index in [2.05, 4.69) is 19.2 Å². The van der Waals surface area contributed by atoms with Gasteiger partial charge in [-0.15, -0.1) is 0 Å². The third kappa shape index (κ3) is 2.98. The maximum atomic E-state index is 9.80. The third-order valence-electron chi connectivity index (χ3n) is 4.64. The highest BCUT2D eigenvalue weighted by Crippen LogP contribution is 2.31. The molecule has 0 aliphatic heterocycles. The summed E-state index contributed by atoms with van der Waals surface area (Å²) in [6, 6.07) is 1.06. The summed E-state index contributed by atoms with van der Waals surface area (Å²) >= 11 is 0. The van der Waals surface area contributed by atoms with Crippen molar-refractivity contribution < 1.29 is 5.11 Å². The van der Waals surface area contributed by atoms with Crippen LogP contribution in [0.5, 0.6) is 0 Å². The first kappa shape index (κ1) is 12.4. The van der Waals surface area contributed by atoms with Crippen molar-refractivity contribution in [2.45, 2.75) is 77.0 Å². The maximum absolute atomic E-state index is 9.80. The summed E-state index contributed by atoms with van der Waals surface area (Å²) in [5, 5.41) is 13.5. The van der Waals surface area contributed by atoms with Crippen LogP contribution in [-0.2, 0) is 0 Å². The van der Waals surface area contributed by atoms with Crippen LogP contribution in [0.15, 0.2) is 0 Å². The Hall–Kier alpha value is -0.0800. The van der Waals surface area contributed by atoms with Gasteiger partial charge in [-0.2, -0.15) is 0 Å². The van der Waals surface area contributed by atoms with Crippen LogP contribution < -0.4 is 5.32 Å². The monoisotopic (exact) mass is 225 g/mol. The van der Waals surface area contributed by atoms with Crippen molar-refractivity contribution in [2.24, 2.45) is 11.8 Å². The molecule has 2 heteroatoms. The van der Waals surface area contributed by atoms with Gasteiger partial charge in [0.2, 0.25) is 0 Å². The minimum Gasteiger partial charge on any atom is -0.392 e. The SMILES string of the molecule is CC(C)C1CCC(NC2CCCC2O)CC1. The van der Waals surface area contributed by atoms with Crippen LogP contribution in [0.25, 0.3) is 0 Å². The Morgan fingerprint density at radius 1 is 1.00 bits per heavy atom. The predicted octanol–water partition coefficient (Wildman–Crippen LogP) is 2.70. The number of hydrogen-bond donors (Lipinski definition) is 2. The lowest BCUT2D eigenvalue weighted by Gasteiger charge is -2.33. The van der Waals surface area contributed by atoms with E-state index in [1.165, 1.54) is 38.5 Å². The van der Waals surface area contributed by atoms with Crippen LogP contribution in [0.2, 0.25) is 0 Å². The summed E-state index contributed by atoms with van der Waals surface area (Å²) in [4.78, 5) is 0. The topological polar surface area (TPSA) is 32.3 Å². The van der Waals surface area contributed by atoms with Gasteiger partial charge in [0.15, 0.2) is 0 Å². The van der Waals surface area contributed by atoms with Gasteiger partial charge in [0.05, 0.1) is 6.10 Å². The van der Waals surface area contributed by atoms with E-state index in [9.17, 15) is 5.11 Å². The smallest absolute Gasteiger partial charge is 0.0693 e. The Bertz CT molecular complexity index is 209. The first-order chi connectivity index (χ1) is 7.66. The first-order valence-electron chi connectivity index (χ1n) is 7.11. The lowest BCUT2D eigenvalue weighted by Crippen LogP contribution is -2.44. The van der Waals surface area contributed by atoms with Gasteiger partial charge in [-0.25, -0.2) is 0 Å². The van der Waals surface area contributed by atoms with E-state index in [1.807, 2.05) is 0 Å². The fourth-order valence-electron chi connectivity index (χ4n) is 3.39. The molecule has 2 N–H and O–H groups in total. The highest BCUT2D eigenvalue weighted by Gasteiger charge is 2.29. The van der Waals surface area contributed by atoms with Crippen molar-refractivity contribution in [3.05, 3.63) is 0 Å². The maximum Gasteiger partial charge on any atom is 0.0693 e. The minimum absolute atomic E-state index is 0.0807. The number of hydrogen-bond acceptors (Lipinski definition) is 2. The summed E-state index contributed by atoms with van der Waals surface area (Å²) in [5.41, 5.74) is 0. The molecule has 2 unspecified atom stereocenters. The fraction of sp³-hybridized carbons (Fsp3) is 1.00. The molecule has 0 heterocycles. The molecule has 0 amide bonds. The van der Waals surface area contributed by atoms with Crippen LogP contribution >= 0.6 is 0 Å². The summed E-state index contributed by atoms with van der Waals surface area (Å²) < 4.78 is 0. The van der Waals surface area contributed by atoms with Gasteiger partial charge in [0.25, 0.3) is 0 Å². The van der Waals surface area contributed by atoms with Crippen LogP contribution in [0, 0.1) is 11.8 Å². The molecule has 2 nitrogen and oxygen atoms in total. The molecule has 2 aliphatic rings. The number of aliphatic hydroxyl groups is 1. The van der Waals surface area contributed by atoms with E-state index >= 15 is 0 Å². The molecule has 0 radical (unpaired) electrons. The van der Waals surface area contributed by atoms with Gasteiger partial charge >= 0.3 is 0 Å². The van der Waals surface area contributed by atoms with Crippen molar-refractivity contribution in [1.82, 2.24) is 5.32 Å². The van der Waals surface area contributed by atoms with E-state index in [-0.39, 0.29) is 6.10 Å². The predicted molar refractivity (Wildman–Crippen MR) is 67.4 cm³/mol. The molecule has 0 spiro atoms. The van der Waals surface area contributed by atoms with Gasteiger partial charge in [-0.3, -0.25) is 0 Å². The largest absolute Gasteiger partial charge is 0.392 e. The Balaban J connectivity index is 1.72. The van der Waals surface area contributed by atoms with Gasteiger partial charge in [-0.05, 0) is 56.8 Å². The third-order valence-corrected chi connectivity index (χ3v) is 4.64. The van der Waals surface area contributed by atoms with Gasteiger partial charge in [-0.1, -0.05) is 13.8 Å². The highest BCUT2D eigenvalue weighted by atomic mass is 16.3. The minimum atomic E-state index is -0.0807. The quantitative estimate of drug-likeness (QED) is 0.774. The molecule has 2 saturated carbocycles. The second-order valence-corrected chi connectivity index (χ2v) is 6.13. The van der Waals surface area contributed by atoms with E-state index < -0.39 is 0 Å². The second-order valence-electron chi connectivity index (χ2n) is 6.13. The van der Waals surface area contributed by atoms with Gasteiger partial charge < -0.3 is 10.4 Å². The van der Waals surface area contributed by atoms with Crippen LogP contribution in [0.4, 0.5) is 0 Å². The molecule has 0 aromatic rings. The Kier molecular flexibility index (Phi) is 4.26. The normalized spacial score (nSPS) is 40.5. The average molecular weight is 225 g/mol. The van der Waals surface area contributed by atoms with Crippen molar-refractivity contribution >= 4 is 0 Å². The molecule has 0 bridgehead atoms. The first-order valence-corrected chi connectivity index (χ1v) is 7.11. The summed E-state index contributed by atoms with van der Waals surface area (Å²) in [6.07, 6.45) is 8.65. The van der Waals surface area contributed by atoms with Crippen LogP contribution in [-0.4, -0.2) is 23.3 Å². The summed E-state index contributed by atoms with van der Waals surface area (Å²) in [7, 11) is 0. The zero-order chi connectivity index (χ0) is 11.5. The molecule has 2 atom stereocenters. The molecule has 2 rings (SSSR count). The molecule has 0 aromatic heterocycles. The molecule has 2 fully saturated rings. The van der Waals surface area contributed by atoms with Crippen LogP contribution in [0.1, 0.15) is 58.8 Å². The van der Waals surface area contributed by atoms with E-state index in [0.29, 0.717) is 12.1 Å². The van der Waals surface area contributed by atoms with E-state index in [1.54, 1.807) is 0 Å². The summed E-state index contributed by atoms with van der Waals surface area (Å²) in [6.45, 7) is 4.69. The van der Waals surface area contributed by atoms with Gasteiger partial charge in [0, 0.05) is 12.1 Å². The molecular formula is C14H27NO. The van der Waals surface area contributed by atoms with Crippen molar-refractivity contribution in [2.75, 3.05) is 0 Å². The number of rotatable bonds is 3. The fourth-order valence-corrected chi connectivity index (χ4v) is 3.39. The molecular weight excluding hydrogens is 198 g/mol. The Morgan fingerprint density at radius 3 is 2.19 bits per heavy atom. The molecule has 0 aromatic carbocycles. The molecule has 16 heavy (non-hydrogen) atoms. The van der Waals surface area contributed by atoms with E-state index in [4.69, 9.17) is 0 Å². The Morgan fingerprint density at radius 2 is 1.69 bits per heavy atom. The van der Waals surface area contributed by atoms with Crippen LogP contribution in [0.3, 0.4) is 0 Å². The number of nitrogens with one attached hydrogen (secondary N) is 1. The van der Waals surface area contributed by atoms with E-state index in [0.717, 1.165) is 18.3 Å². The zero-order valence-electron chi connectivity index (χ0n) is 10.8. The second kappa shape index (κ2) is 5.50. The van der Waals surface area contributed by atoms with Gasteiger partial charge in [0.1, 0.15) is 0 Å². The lowest BCUT2D eigenvalue weighted by molar-refractivity contribution is 0.132. The highest BCUT2D eigenvalue weighted by molar-refractivity contribution is 4.87. The van der Waals surface area contributed by atoms with Crippen molar-refractivity contribution in [1.29, 1.82) is 0 Å². The molecule has 0 saturated heterocycles. The number of aliphatic hydroxyl groups excluding tert-OH is 1. The standard InChI is InChI=1S/C14H27NO/c1-10(2)11-6-8-12(9-7-11)15-13-4-3-5-14(13)16/h10-16H,3-9H2,1-2H3. The zero-order valence-corrected chi connectivity index (χ0v) is 10.8. The van der Waals surface area contributed by atoms with Crippen molar-refractivity contribution in [3.8, 4) is 0 Å². The molecule has 94 valence electrons. The molecule has 2 aliphatic carbocycles.